The van der Waals surface area contributed by atoms with Crippen molar-refractivity contribution in [3.8, 4) is 0 Å². The summed E-state index contributed by atoms with van der Waals surface area (Å²) in [6.07, 6.45) is 2.18. The number of ether oxygens (including phenoxy) is 2. The normalized spacial score (nSPS) is 29.4. The predicted molar refractivity (Wildman–Crippen MR) is 70.6 cm³/mol. The van der Waals surface area contributed by atoms with Crippen molar-refractivity contribution in [3.05, 3.63) is 32.9 Å². The van der Waals surface area contributed by atoms with Gasteiger partial charge in [-0.15, -0.1) is 0 Å². The summed E-state index contributed by atoms with van der Waals surface area (Å²) in [7, 11) is 3.52. The highest BCUT2D eigenvalue weighted by Gasteiger charge is 2.55. The lowest BCUT2D eigenvalue weighted by molar-refractivity contribution is -0.213. The van der Waals surface area contributed by atoms with Gasteiger partial charge in [-0.05, 0) is 52.1 Å². The summed E-state index contributed by atoms with van der Waals surface area (Å²) in [6, 6.07) is 6.56. The smallest absolute Gasteiger partial charge is 0.174 e. The van der Waals surface area contributed by atoms with Gasteiger partial charge in [0.05, 0.1) is 0 Å². The molecule has 16 heavy (non-hydrogen) atoms. The molecule has 86 valence electrons. The fourth-order valence-corrected chi connectivity index (χ4v) is 4.40. The summed E-state index contributed by atoms with van der Waals surface area (Å²) in [5.41, 5.74) is 2.98. The minimum atomic E-state index is -0.373. The zero-order valence-electron chi connectivity index (χ0n) is 9.50. The van der Waals surface area contributed by atoms with Crippen LogP contribution in [0.3, 0.4) is 0 Å². The molecule has 0 N–H and O–H groups in total. The van der Waals surface area contributed by atoms with Crippen molar-refractivity contribution < 1.29 is 9.47 Å². The van der Waals surface area contributed by atoms with Crippen LogP contribution >= 0.6 is 22.6 Å². The molecule has 2 nitrogen and oxygen atoms in total. The first-order valence-corrected chi connectivity index (χ1v) is 6.68. The lowest BCUT2D eigenvalue weighted by atomic mass is 9.87. The number of hydrogen-bond acceptors (Lipinski definition) is 2. The predicted octanol–water partition coefficient (Wildman–Crippen LogP) is 3.25. The van der Waals surface area contributed by atoms with Gasteiger partial charge in [-0.2, -0.15) is 0 Å². The van der Waals surface area contributed by atoms with Crippen molar-refractivity contribution in [2.24, 2.45) is 0 Å². The van der Waals surface area contributed by atoms with Crippen LogP contribution in [0.2, 0.25) is 0 Å². The van der Waals surface area contributed by atoms with Crippen LogP contribution in [0, 0.1) is 3.57 Å². The molecule has 3 heteroatoms. The molecule has 0 amide bonds. The van der Waals surface area contributed by atoms with Crippen molar-refractivity contribution in [1.82, 2.24) is 0 Å². The van der Waals surface area contributed by atoms with Gasteiger partial charge in [0.15, 0.2) is 5.79 Å². The molecule has 0 radical (unpaired) electrons. The van der Waals surface area contributed by atoms with E-state index in [-0.39, 0.29) is 5.79 Å². The second kappa shape index (κ2) is 3.68. The van der Waals surface area contributed by atoms with E-state index in [0.29, 0.717) is 11.8 Å². The highest BCUT2D eigenvalue weighted by Crippen LogP contribution is 2.60. The number of rotatable bonds is 2. The van der Waals surface area contributed by atoms with Crippen LogP contribution in [0.25, 0.3) is 0 Å². The Morgan fingerprint density at radius 1 is 1.31 bits per heavy atom. The highest BCUT2D eigenvalue weighted by molar-refractivity contribution is 14.1. The Labute approximate surface area is 109 Å². The van der Waals surface area contributed by atoms with E-state index >= 15 is 0 Å². The molecular weight excluding hydrogens is 315 g/mol. The number of methoxy groups -OCH3 is 2. The first-order valence-electron chi connectivity index (χ1n) is 5.60. The summed E-state index contributed by atoms with van der Waals surface area (Å²) < 4.78 is 12.7. The van der Waals surface area contributed by atoms with E-state index in [1.54, 1.807) is 14.2 Å². The van der Waals surface area contributed by atoms with Gasteiger partial charge < -0.3 is 9.47 Å². The highest BCUT2D eigenvalue weighted by atomic mass is 127. The van der Waals surface area contributed by atoms with Gasteiger partial charge in [0, 0.05) is 30.1 Å². The Balaban J connectivity index is 2.11. The van der Waals surface area contributed by atoms with E-state index in [2.05, 4.69) is 40.8 Å². The van der Waals surface area contributed by atoms with E-state index in [9.17, 15) is 0 Å². The van der Waals surface area contributed by atoms with Gasteiger partial charge in [-0.1, -0.05) is 12.1 Å². The third-order valence-corrected chi connectivity index (χ3v) is 5.08. The lowest BCUT2D eigenvalue weighted by Gasteiger charge is -2.36. The Bertz CT molecular complexity index is 426. The second-order valence-electron chi connectivity index (χ2n) is 4.65. The summed E-state index contributed by atoms with van der Waals surface area (Å²) in [4.78, 5) is 0. The van der Waals surface area contributed by atoms with Crippen LogP contribution in [-0.2, 0) is 9.47 Å². The molecule has 0 spiro atoms. The van der Waals surface area contributed by atoms with Crippen molar-refractivity contribution in [2.45, 2.75) is 30.5 Å². The zero-order valence-corrected chi connectivity index (χ0v) is 11.7. The first-order chi connectivity index (χ1) is 7.72. The van der Waals surface area contributed by atoms with Crippen LogP contribution < -0.4 is 0 Å². The standard InChI is InChI=1S/C13H15IO2/c1-15-13(16-2)7-8-6-10(13)9-4-3-5-11(14)12(8)9/h3-5,8,10H,6-7H2,1-2H3. The summed E-state index contributed by atoms with van der Waals surface area (Å²) in [5, 5.41) is 0. The van der Waals surface area contributed by atoms with Crippen LogP contribution in [0.4, 0.5) is 0 Å². The van der Waals surface area contributed by atoms with Crippen molar-refractivity contribution in [3.63, 3.8) is 0 Å². The van der Waals surface area contributed by atoms with Gasteiger partial charge in [0.2, 0.25) is 0 Å². The van der Waals surface area contributed by atoms with E-state index in [0.717, 1.165) is 6.42 Å². The monoisotopic (exact) mass is 330 g/mol. The maximum atomic E-state index is 5.65. The van der Waals surface area contributed by atoms with Crippen molar-refractivity contribution in [2.75, 3.05) is 14.2 Å². The summed E-state index contributed by atoms with van der Waals surface area (Å²) >= 11 is 2.44. The van der Waals surface area contributed by atoms with E-state index in [1.807, 2.05) is 0 Å². The molecule has 1 aromatic carbocycles. The van der Waals surface area contributed by atoms with Gasteiger partial charge in [0.25, 0.3) is 0 Å². The van der Waals surface area contributed by atoms with Crippen LogP contribution in [0.1, 0.15) is 35.8 Å². The maximum absolute atomic E-state index is 5.65. The van der Waals surface area contributed by atoms with E-state index < -0.39 is 0 Å². The molecule has 2 aliphatic carbocycles. The lowest BCUT2D eigenvalue weighted by Crippen LogP contribution is -2.38. The molecule has 2 aliphatic rings. The quantitative estimate of drug-likeness (QED) is 0.612. The topological polar surface area (TPSA) is 18.5 Å². The number of hydrogen-bond donors (Lipinski definition) is 0. The maximum Gasteiger partial charge on any atom is 0.174 e. The fraction of sp³-hybridized carbons (Fsp3) is 0.538. The molecule has 1 saturated carbocycles. The number of halogens is 1. The molecule has 2 bridgehead atoms. The molecule has 1 fully saturated rings. The molecule has 0 aromatic heterocycles. The molecule has 0 heterocycles. The third kappa shape index (κ3) is 1.25. The Morgan fingerprint density at radius 3 is 2.75 bits per heavy atom. The van der Waals surface area contributed by atoms with Gasteiger partial charge in [-0.3, -0.25) is 0 Å². The molecule has 0 aliphatic heterocycles. The van der Waals surface area contributed by atoms with Crippen LogP contribution in [0.5, 0.6) is 0 Å². The van der Waals surface area contributed by atoms with Crippen LogP contribution in [-0.4, -0.2) is 20.0 Å². The Hall–Kier alpha value is -0.130. The van der Waals surface area contributed by atoms with E-state index in [1.165, 1.54) is 21.1 Å². The molecule has 2 unspecified atom stereocenters. The average Bonchev–Trinajstić information content (AvgIpc) is 2.85. The Morgan fingerprint density at radius 2 is 2.06 bits per heavy atom. The Kier molecular flexibility index (Phi) is 2.53. The fourth-order valence-electron chi connectivity index (χ4n) is 3.44. The van der Waals surface area contributed by atoms with Gasteiger partial charge >= 0.3 is 0 Å². The minimum Gasteiger partial charge on any atom is -0.353 e. The molecule has 2 atom stereocenters. The third-order valence-electron chi connectivity index (χ3n) is 4.14. The molecule has 0 saturated heterocycles. The van der Waals surface area contributed by atoms with E-state index in [4.69, 9.17) is 9.47 Å². The van der Waals surface area contributed by atoms with Crippen LogP contribution in [0.15, 0.2) is 18.2 Å². The summed E-state index contributed by atoms with van der Waals surface area (Å²) in [5.74, 6) is 0.660. The van der Waals surface area contributed by atoms with Crippen molar-refractivity contribution >= 4 is 22.6 Å². The number of fused-ring (bicyclic) bond motifs is 5. The molecule has 3 rings (SSSR count). The van der Waals surface area contributed by atoms with Gasteiger partial charge in [-0.25, -0.2) is 0 Å². The second-order valence-corrected chi connectivity index (χ2v) is 5.81. The SMILES string of the molecule is COC1(OC)CC2CC1c1cccc(I)c12. The minimum absolute atomic E-state index is 0.373. The average molecular weight is 330 g/mol. The zero-order chi connectivity index (χ0) is 11.3. The van der Waals surface area contributed by atoms with Gasteiger partial charge in [0.1, 0.15) is 0 Å². The largest absolute Gasteiger partial charge is 0.353 e. The molecular formula is C13H15IO2. The van der Waals surface area contributed by atoms with Crippen molar-refractivity contribution in [1.29, 1.82) is 0 Å². The summed E-state index contributed by atoms with van der Waals surface area (Å²) in [6.45, 7) is 0. The number of benzene rings is 1. The first kappa shape index (κ1) is 11.0. The molecule has 1 aromatic rings.